The van der Waals surface area contributed by atoms with Crippen LogP contribution in [0.25, 0.3) is 6.08 Å². The van der Waals surface area contributed by atoms with E-state index in [9.17, 15) is 0 Å². The molecule has 0 unspecified atom stereocenters. The second kappa shape index (κ2) is 12.9. The Morgan fingerprint density at radius 1 is 1.32 bits per heavy atom. The van der Waals surface area contributed by atoms with Gasteiger partial charge in [0.2, 0.25) is 5.96 Å². The summed E-state index contributed by atoms with van der Waals surface area (Å²) in [5.74, 6) is 4.01. The maximum Gasteiger partial charge on any atom is 0.205 e. The number of hydrogen-bond donors (Lipinski definition) is 2. The van der Waals surface area contributed by atoms with Crippen LogP contribution in [0, 0.1) is 11.5 Å². The Morgan fingerprint density at radius 2 is 2.19 bits per heavy atom. The van der Waals surface area contributed by atoms with Crippen LogP contribution in [0.1, 0.15) is 23.1 Å². The van der Waals surface area contributed by atoms with E-state index in [1.807, 2.05) is 53.8 Å². The topological polar surface area (TPSA) is 91.6 Å². The van der Waals surface area contributed by atoms with Gasteiger partial charge in [0.25, 0.3) is 0 Å². The number of fused-ring (bicyclic) bond motifs is 1. The number of nitriles is 1. The monoisotopic (exact) mass is 457 g/mol. The van der Waals surface area contributed by atoms with Gasteiger partial charge in [-0.3, -0.25) is 5.32 Å². The lowest BCUT2D eigenvalue weighted by Gasteiger charge is -2.18. The molecule has 2 aromatic rings. The molecule has 0 radical (unpaired) electrons. The smallest absolute Gasteiger partial charge is 0.205 e. The van der Waals surface area contributed by atoms with Crippen LogP contribution in [0.5, 0.6) is 11.5 Å². The Hall–Kier alpha value is -2.70. The number of guanidine groups is 1. The van der Waals surface area contributed by atoms with E-state index in [1.54, 1.807) is 11.3 Å². The van der Waals surface area contributed by atoms with Gasteiger partial charge in [-0.1, -0.05) is 25.1 Å². The van der Waals surface area contributed by atoms with Crippen LogP contribution in [0.4, 0.5) is 0 Å². The van der Waals surface area contributed by atoms with Crippen LogP contribution >= 0.6 is 23.1 Å². The van der Waals surface area contributed by atoms with Crippen LogP contribution < -0.4 is 20.1 Å². The molecule has 2 N–H and O–H groups in total. The van der Waals surface area contributed by atoms with Gasteiger partial charge in [-0.25, -0.2) is 9.98 Å². The van der Waals surface area contributed by atoms with Gasteiger partial charge in [-0.05, 0) is 36.3 Å². The van der Waals surface area contributed by atoms with E-state index in [0.717, 1.165) is 48.0 Å². The quantitative estimate of drug-likeness (QED) is 0.186. The lowest BCUT2D eigenvalue weighted by molar-refractivity contribution is 0.171. The van der Waals surface area contributed by atoms with Gasteiger partial charge in [0.05, 0.1) is 17.7 Å². The number of aliphatic imine (C=N–C) groups is 1. The highest BCUT2D eigenvalue weighted by molar-refractivity contribution is 7.99. The molecular formula is C22H27N5O2S2. The molecule has 31 heavy (non-hydrogen) atoms. The van der Waals surface area contributed by atoms with E-state index in [0.29, 0.717) is 25.7 Å². The van der Waals surface area contributed by atoms with Gasteiger partial charge in [-0.15, -0.1) is 11.3 Å². The Labute approximate surface area is 191 Å². The molecule has 0 saturated carbocycles. The largest absolute Gasteiger partial charge is 0.486 e. The van der Waals surface area contributed by atoms with Crippen LogP contribution in [0.2, 0.25) is 0 Å². The Balaban J connectivity index is 1.37. The second-order valence-corrected chi connectivity index (χ2v) is 8.76. The SMILES string of the molecule is CCc1scnc1CCSCCNC(=NC/C=C/c1ccc2c(c1)OCCO2)NC#N. The molecular weight excluding hydrogens is 430 g/mol. The van der Waals surface area contributed by atoms with E-state index >= 15 is 0 Å². The molecule has 0 saturated heterocycles. The molecule has 0 amide bonds. The van der Waals surface area contributed by atoms with Crippen molar-refractivity contribution < 1.29 is 9.47 Å². The minimum atomic E-state index is 0.461. The highest BCUT2D eigenvalue weighted by atomic mass is 32.2. The van der Waals surface area contributed by atoms with Crippen LogP contribution in [-0.2, 0) is 12.8 Å². The minimum Gasteiger partial charge on any atom is -0.486 e. The number of benzene rings is 1. The van der Waals surface area contributed by atoms with Crippen molar-refractivity contribution in [3.63, 3.8) is 0 Å². The standard InChI is InChI=1S/C22H27N5O2S2/c1-2-21-18(27-16-31-21)7-12-30-13-9-25-22(26-15-23)24-8-3-4-17-5-6-19-20(14-17)29-11-10-28-19/h3-6,14,16H,2,7-13H2,1H3,(H2,24,25,26)/b4-3+. The fourth-order valence-corrected chi connectivity index (χ4v) is 4.54. The summed E-state index contributed by atoms with van der Waals surface area (Å²) in [6.07, 6.45) is 7.90. The van der Waals surface area contributed by atoms with Crippen molar-refractivity contribution in [1.82, 2.24) is 15.6 Å². The normalized spacial score (nSPS) is 13.2. The third-order valence-corrected chi connectivity index (χ3v) is 6.48. The van der Waals surface area contributed by atoms with E-state index in [2.05, 4.69) is 27.5 Å². The number of nitrogens with one attached hydrogen (secondary N) is 2. The summed E-state index contributed by atoms with van der Waals surface area (Å²) in [7, 11) is 0. The van der Waals surface area contributed by atoms with E-state index in [-0.39, 0.29) is 0 Å². The average Bonchev–Trinajstić information content (AvgIpc) is 3.26. The first-order valence-corrected chi connectivity index (χ1v) is 12.3. The van der Waals surface area contributed by atoms with Gasteiger partial charge in [-0.2, -0.15) is 17.0 Å². The molecule has 0 bridgehead atoms. The number of ether oxygens (including phenoxy) is 2. The van der Waals surface area contributed by atoms with Crippen LogP contribution in [-0.4, -0.2) is 48.8 Å². The zero-order valence-corrected chi connectivity index (χ0v) is 19.2. The van der Waals surface area contributed by atoms with Crippen molar-refractivity contribution in [2.24, 2.45) is 4.99 Å². The van der Waals surface area contributed by atoms with E-state index in [4.69, 9.17) is 14.7 Å². The van der Waals surface area contributed by atoms with Crippen molar-refractivity contribution in [3.05, 3.63) is 45.9 Å². The second-order valence-electron chi connectivity index (χ2n) is 6.60. The van der Waals surface area contributed by atoms with Gasteiger partial charge < -0.3 is 14.8 Å². The zero-order valence-electron chi connectivity index (χ0n) is 17.6. The average molecular weight is 458 g/mol. The summed E-state index contributed by atoms with van der Waals surface area (Å²) < 4.78 is 11.1. The first kappa shape index (κ1) is 23.0. The lowest BCUT2D eigenvalue weighted by Crippen LogP contribution is -2.36. The predicted octanol–water partition coefficient (Wildman–Crippen LogP) is 3.48. The summed E-state index contributed by atoms with van der Waals surface area (Å²) >= 11 is 3.60. The van der Waals surface area contributed by atoms with Crippen molar-refractivity contribution in [2.75, 3.05) is 37.8 Å². The fraction of sp³-hybridized carbons (Fsp3) is 0.409. The maximum absolute atomic E-state index is 8.94. The molecule has 3 rings (SSSR count). The summed E-state index contributed by atoms with van der Waals surface area (Å²) in [6, 6.07) is 5.84. The summed E-state index contributed by atoms with van der Waals surface area (Å²) in [4.78, 5) is 10.2. The molecule has 9 heteroatoms. The van der Waals surface area contributed by atoms with Gasteiger partial charge in [0.1, 0.15) is 13.2 Å². The molecule has 0 fully saturated rings. The number of aromatic nitrogens is 1. The van der Waals surface area contributed by atoms with Gasteiger partial charge >= 0.3 is 0 Å². The van der Waals surface area contributed by atoms with Crippen molar-refractivity contribution in [1.29, 1.82) is 5.26 Å². The minimum absolute atomic E-state index is 0.461. The summed E-state index contributed by atoms with van der Waals surface area (Å²) in [5, 5.41) is 14.7. The van der Waals surface area contributed by atoms with E-state index < -0.39 is 0 Å². The number of aryl methyl sites for hydroxylation is 2. The Kier molecular flexibility index (Phi) is 9.54. The number of thioether (sulfide) groups is 1. The molecule has 1 aromatic carbocycles. The first-order chi connectivity index (χ1) is 15.3. The first-order valence-electron chi connectivity index (χ1n) is 10.3. The van der Waals surface area contributed by atoms with Crippen molar-refractivity contribution >= 4 is 35.1 Å². The molecule has 0 spiro atoms. The third-order valence-electron chi connectivity index (χ3n) is 4.47. The molecule has 1 aliphatic heterocycles. The highest BCUT2D eigenvalue weighted by Crippen LogP contribution is 2.31. The molecule has 1 aromatic heterocycles. The van der Waals surface area contributed by atoms with Gasteiger partial charge in [0, 0.05) is 17.2 Å². The van der Waals surface area contributed by atoms with Crippen LogP contribution in [0.15, 0.2) is 34.8 Å². The Bertz CT molecular complexity index is 936. The number of hydrogen-bond acceptors (Lipinski definition) is 7. The van der Waals surface area contributed by atoms with Crippen molar-refractivity contribution in [3.8, 4) is 17.7 Å². The lowest BCUT2D eigenvalue weighted by atomic mass is 10.2. The van der Waals surface area contributed by atoms with Crippen molar-refractivity contribution in [2.45, 2.75) is 19.8 Å². The number of nitrogens with zero attached hydrogens (tertiary/aromatic N) is 3. The zero-order chi connectivity index (χ0) is 21.7. The number of thiazole rings is 1. The molecule has 0 atom stereocenters. The fourth-order valence-electron chi connectivity index (χ4n) is 2.99. The molecule has 0 aliphatic carbocycles. The number of rotatable bonds is 10. The highest BCUT2D eigenvalue weighted by Gasteiger charge is 2.10. The van der Waals surface area contributed by atoms with Crippen LogP contribution in [0.3, 0.4) is 0 Å². The summed E-state index contributed by atoms with van der Waals surface area (Å²) in [6.45, 7) is 4.53. The van der Waals surface area contributed by atoms with E-state index in [1.165, 1.54) is 10.6 Å². The summed E-state index contributed by atoms with van der Waals surface area (Å²) in [5.41, 5.74) is 4.18. The molecule has 1 aliphatic rings. The molecule has 2 heterocycles. The molecule has 164 valence electrons. The Morgan fingerprint density at radius 3 is 3.03 bits per heavy atom. The third kappa shape index (κ3) is 7.49. The van der Waals surface area contributed by atoms with Gasteiger partial charge in [0.15, 0.2) is 17.7 Å². The maximum atomic E-state index is 8.94. The predicted molar refractivity (Wildman–Crippen MR) is 128 cm³/mol. The molecule has 7 nitrogen and oxygen atoms in total.